The van der Waals surface area contributed by atoms with Crippen LogP contribution in [0.3, 0.4) is 0 Å². The van der Waals surface area contributed by atoms with Crippen molar-refractivity contribution in [1.82, 2.24) is 0 Å². The monoisotopic (exact) mass is 288 g/mol. The Kier molecular flexibility index (Phi) is 3.46. The SMILES string of the molecule is CC(C)c1cc2c(c(O)c1O)[C@@H]1CCCC(C)(C)[C@@H]1CC2. The molecule has 0 saturated heterocycles. The van der Waals surface area contributed by atoms with Crippen LogP contribution in [-0.4, -0.2) is 10.2 Å². The molecule has 1 aromatic rings. The summed E-state index contributed by atoms with van der Waals surface area (Å²) in [5, 5.41) is 21.0. The third kappa shape index (κ3) is 2.23. The van der Waals surface area contributed by atoms with Crippen molar-refractivity contribution < 1.29 is 10.2 Å². The Morgan fingerprint density at radius 2 is 1.86 bits per heavy atom. The van der Waals surface area contributed by atoms with Gasteiger partial charge in [0.05, 0.1) is 0 Å². The summed E-state index contributed by atoms with van der Waals surface area (Å²) in [7, 11) is 0. The third-order valence-electron chi connectivity index (χ3n) is 5.97. The molecule has 1 fully saturated rings. The van der Waals surface area contributed by atoms with Crippen molar-refractivity contribution in [3.63, 3.8) is 0 Å². The van der Waals surface area contributed by atoms with E-state index < -0.39 is 0 Å². The van der Waals surface area contributed by atoms with E-state index in [1.807, 2.05) is 0 Å². The van der Waals surface area contributed by atoms with Crippen molar-refractivity contribution in [3.05, 3.63) is 22.8 Å². The fourth-order valence-electron chi connectivity index (χ4n) is 4.77. The maximum Gasteiger partial charge on any atom is 0.161 e. The summed E-state index contributed by atoms with van der Waals surface area (Å²) >= 11 is 0. The molecule has 0 amide bonds. The lowest BCUT2D eigenvalue weighted by atomic mass is 9.57. The van der Waals surface area contributed by atoms with E-state index in [1.165, 1.54) is 24.8 Å². The van der Waals surface area contributed by atoms with Crippen molar-refractivity contribution in [1.29, 1.82) is 0 Å². The third-order valence-corrected chi connectivity index (χ3v) is 5.97. The van der Waals surface area contributed by atoms with Gasteiger partial charge in [0.15, 0.2) is 11.5 Å². The van der Waals surface area contributed by atoms with Crippen LogP contribution in [0.2, 0.25) is 0 Å². The van der Waals surface area contributed by atoms with Crippen LogP contribution in [0.1, 0.15) is 81.9 Å². The Morgan fingerprint density at radius 1 is 1.14 bits per heavy atom. The molecule has 2 aliphatic rings. The maximum absolute atomic E-state index is 10.6. The van der Waals surface area contributed by atoms with E-state index in [2.05, 4.69) is 33.8 Å². The number of rotatable bonds is 1. The first kappa shape index (κ1) is 14.7. The molecule has 1 saturated carbocycles. The normalized spacial score (nSPS) is 27.3. The molecule has 1 aromatic carbocycles. The van der Waals surface area contributed by atoms with E-state index in [1.54, 1.807) is 0 Å². The van der Waals surface area contributed by atoms with Gasteiger partial charge in [0.25, 0.3) is 0 Å². The average molecular weight is 288 g/mol. The van der Waals surface area contributed by atoms with Crippen LogP contribution in [0.15, 0.2) is 6.07 Å². The van der Waals surface area contributed by atoms with E-state index in [9.17, 15) is 10.2 Å². The molecule has 2 heteroatoms. The van der Waals surface area contributed by atoms with Gasteiger partial charge < -0.3 is 10.2 Å². The fraction of sp³-hybridized carbons (Fsp3) is 0.684. The highest BCUT2D eigenvalue weighted by molar-refractivity contribution is 5.57. The van der Waals surface area contributed by atoms with Crippen LogP contribution in [0, 0.1) is 11.3 Å². The summed E-state index contributed by atoms with van der Waals surface area (Å²) in [5.74, 6) is 1.58. The second-order valence-electron chi connectivity index (χ2n) is 8.02. The summed E-state index contributed by atoms with van der Waals surface area (Å²) < 4.78 is 0. The minimum absolute atomic E-state index is 0.118. The van der Waals surface area contributed by atoms with Gasteiger partial charge in [-0.3, -0.25) is 0 Å². The van der Waals surface area contributed by atoms with E-state index in [0.717, 1.165) is 24.0 Å². The van der Waals surface area contributed by atoms with Crippen LogP contribution >= 0.6 is 0 Å². The first-order valence-corrected chi connectivity index (χ1v) is 8.40. The van der Waals surface area contributed by atoms with Gasteiger partial charge in [-0.15, -0.1) is 0 Å². The van der Waals surface area contributed by atoms with Crippen molar-refractivity contribution in [2.24, 2.45) is 11.3 Å². The van der Waals surface area contributed by atoms with Gasteiger partial charge in [-0.2, -0.15) is 0 Å². The molecule has 2 nitrogen and oxygen atoms in total. The first-order chi connectivity index (χ1) is 9.83. The molecule has 116 valence electrons. The second kappa shape index (κ2) is 4.93. The predicted octanol–water partition coefficient (Wildman–Crippen LogP) is 5.08. The minimum atomic E-state index is 0.118. The molecule has 0 heterocycles. The molecule has 0 unspecified atom stereocenters. The Bertz CT molecular complexity index is 557. The number of aryl methyl sites for hydroxylation is 1. The summed E-state index contributed by atoms with van der Waals surface area (Å²) in [6.45, 7) is 8.87. The van der Waals surface area contributed by atoms with Crippen LogP contribution in [0.25, 0.3) is 0 Å². The fourth-order valence-corrected chi connectivity index (χ4v) is 4.77. The first-order valence-electron chi connectivity index (χ1n) is 8.40. The summed E-state index contributed by atoms with van der Waals surface area (Å²) in [5.41, 5.74) is 3.56. The average Bonchev–Trinajstić information content (AvgIpc) is 2.41. The Morgan fingerprint density at radius 3 is 2.52 bits per heavy atom. The maximum atomic E-state index is 10.6. The molecule has 3 rings (SSSR count). The summed E-state index contributed by atoms with van der Waals surface area (Å²) in [4.78, 5) is 0. The number of phenolic OH excluding ortho intramolecular Hbond substituents is 2. The number of hydrogen-bond acceptors (Lipinski definition) is 2. The standard InChI is InChI=1S/C19H28O2/c1-11(2)14-10-12-7-8-15-13(6-5-9-19(15,3)4)16(12)18(21)17(14)20/h10-11,13,15,20-21H,5-9H2,1-4H3/t13-,15-/m1/s1. The number of fused-ring (bicyclic) bond motifs is 3. The van der Waals surface area contributed by atoms with Crippen molar-refractivity contribution >= 4 is 0 Å². The lowest BCUT2D eigenvalue weighted by Gasteiger charge is -2.47. The highest BCUT2D eigenvalue weighted by Crippen LogP contribution is 2.57. The van der Waals surface area contributed by atoms with Gasteiger partial charge in [-0.25, -0.2) is 0 Å². The van der Waals surface area contributed by atoms with Gasteiger partial charge in [0.2, 0.25) is 0 Å². The Labute approximate surface area is 128 Å². The van der Waals surface area contributed by atoms with Crippen molar-refractivity contribution in [2.75, 3.05) is 0 Å². The largest absolute Gasteiger partial charge is 0.504 e. The molecule has 21 heavy (non-hydrogen) atoms. The Hall–Kier alpha value is -1.18. The number of aromatic hydroxyl groups is 2. The molecular formula is C19H28O2. The van der Waals surface area contributed by atoms with Crippen LogP contribution < -0.4 is 0 Å². The quantitative estimate of drug-likeness (QED) is 0.708. The Balaban J connectivity index is 2.11. The van der Waals surface area contributed by atoms with Crippen molar-refractivity contribution in [3.8, 4) is 11.5 Å². The topological polar surface area (TPSA) is 40.5 Å². The highest BCUT2D eigenvalue weighted by atomic mass is 16.3. The molecule has 2 aliphatic carbocycles. The van der Waals surface area contributed by atoms with E-state index in [4.69, 9.17) is 0 Å². The van der Waals surface area contributed by atoms with E-state index in [0.29, 0.717) is 17.3 Å². The van der Waals surface area contributed by atoms with Gasteiger partial charge in [-0.05, 0) is 54.4 Å². The lowest BCUT2D eigenvalue weighted by Crippen LogP contribution is -2.36. The number of benzene rings is 1. The summed E-state index contributed by atoms with van der Waals surface area (Å²) in [6, 6.07) is 2.15. The van der Waals surface area contributed by atoms with E-state index >= 15 is 0 Å². The smallest absolute Gasteiger partial charge is 0.161 e. The second-order valence-corrected chi connectivity index (χ2v) is 8.02. The molecule has 2 N–H and O–H groups in total. The molecular weight excluding hydrogens is 260 g/mol. The van der Waals surface area contributed by atoms with Crippen molar-refractivity contribution in [2.45, 2.75) is 71.6 Å². The molecule has 2 atom stereocenters. The van der Waals surface area contributed by atoms with Crippen LogP contribution in [0.4, 0.5) is 0 Å². The molecule has 0 bridgehead atoms. The molecule has 0 radical (unpaired) electrons. The van der Waals surface area contributed by atoms with Gasteiger partial charge in [-0.1, -0.05) is 40.2 Å². The minimum Gasteiger partial charge on any atom is -0.504 e. The molecule has 0 spiro atoms. The van der Waals surface area contributed by atoms with Gasteiger partial charge >= 0.3 is 0 Å². The highest BCUT2D eigenvalue weighted by Gasteiger charge is 2.43. The zero-order chi connectivity index (χ0) is 15.4. The predicted molar refractivity (Wildman–Crippen MR) is 86.0 cm³/mol. The van der Waals surface area contributed by atoms with Gasteiger partial charge in [0, 0.05) is 11.1 Å². The number of hydrogen-bond donors (Lipinski definition) is 2. The zero-order valence-corrected chi connectivity index (χ0v) is 13.7. The summed E-state index contributed by atoms with van der Waals surface area (Å²) in [6.07, 6.45) is 5.90. The van der Waals surface area contributed by atoms with Crippen LogP contribution in [-0.2, 0) is 6.42 Å². The zero-order valence-electron chi connectivity index (χ0n) is 13.7. The van der Waals surface area contributed by atoms with Crippen LogP contribution in [0.5, 0.6) is 11.5 Å². The lowest BCUT2D eigenvalue weighted by molar-refractivity contribution is 0.0955. The van der Waals surface area contributed by atoms with Gasteiger partial charge in [0.1, 0.15) is 0 Å². The van der Waals surface area contributed by atoms with E-state index in [-0.39, 0.29) is 17.4 Å². The molecule has 0 aromatic heterocycles. The molecule has 0 aliphatic heterocycles. The number of phenols is 2.